The fourth-order valence-electron chi connectivity index (χ4n) is 2.09. The van der Waals surface area contributed by atoms with Crippen LogP contribution >= 0.6 is 0 Å². The van der Waals surface area contributed by atoms with E-state index in [-0.39, 0.29) is 5.56 Å². The Labute approximate surface area is 117 Å². The molecule has 0 radical (unpaired) electrons. The summed E-state index contributed by atoms with van der Waals surface area (Å²) >= 11 is 0. The number of aromatic nitrogens is 3. The summed E-state index contributed by atoms with van der Waals surface area (Å²) in [5.74, 6) is -1.84. The normalized spacial score (nSPS) is 12.0. The summed E-state index contributed by atoms with van der Waals surface area (Å²) in [6.45, 7) is 0.298. The first-order valence-corrected chi connectivity index (χ1v) is 6.13. The monoisotopic (exact) mass is 293 g/mol. The van der Waals surface area contributed by atoms with E-state index in [1.165, 1.54) is 17.0 Å². The first-order chi connectivity index (χ1) is 9.93. The summed E-state index contributed by atoms with van der Waals surface area (Å²) in [6, 6.07) is 6.69. The molecule has 4 nitrogen and oxygen atoms in total. The molecule has 3 aromatic rings. The lowest BCUT2D eigenvalue weighted by Gasteiger charge is -2.02. The van der Waals surface area contributed by atoms with E-state index in [0.717, 1.165) is 11.7 Å². The molecule has 21 heavy (non-hydrogen) atoms. The standard InChI is InChI=1S/C14H10F3N3O/c15-14(16,17)13(21)10-4-6-19(7-10)8-11-9-20-5-2-1-3-12(20)18-11/h1-7,9H,8H2. The van der Waals surface area contributed by atoms with Crippen molar-refractivity contribution in [3.63, 3.8) is 0 Å². The molecule has 0 atom stereocenters. The summed E-state index contributed by atoms with van der Waals surface area (Å²) in [5.41, 5.74) is 1.08. The zero-order chi connectivity index (χ0) is 15.0. The predicted octanol–water partition coefficient (Wildman–Crippen LogP) is 2.93. The van der Waals surface area contributed by atoms with Crippen LogP contribution in [0.4, 0.5) is 13.2 Å². The Balaban J connectivity index is 1.82. The third kappa shape index (κ3) is 2.67. The van der Waals surface area contributed by atoms with Crippen LogP contribution < -0.4 is 0 Å². The van der Waals surface area contributed by atoms with Crippen LogP contribution in [-0.2, 0) is 6.54 Å². The maximum Gasteiger partial charge on any atom is 0.454 e. The quantitative estimate of drug-likeness (QED) is 0.696. The summed E-state index contributed by atoms with van der Waals surface area (Å²) < 4.78 is 40.3. The Kier molecular flexibility index (Phi) is 3.04. The van der Waals surface area contributed by atoms with E-state index in [1.807, 2.05) is 28.8 Å². The molecular weight excluding hydrogens is 283 g/mol. The highest BCUT2D eigenvalue weighted by molar-refractivity contribution is 6.00. The van der Waals surface area contributed by atoms with Gasteiger partial charge in [-0.1, -0.05) is 6.07 Å². The molecule has 0 aliphatic rings. The predicted molar refractivity (Wildman–Crippen MR) is 69.1 cm³/mol. The van der Waals surface area contributed by atoms with E-state index in [0.29, 0.717) is 12.2 Å². The number of alkyl halides is 3. The van der Waals surface area contributed by atoms with Crippen molar-refractivity contribution in [3.05, 3.63) is 60.3 Å². The van der Waals surface area contributed by atoms with Crippen LogP contribution in [0.1, 0.15) is 16.1 Å². The highest BCUT2D eigenvalue weighted by atomic mass is 19.4. The molecule has 0 fully saturated rings. The van der Waals surface area contributed by atoms with E-state index >= 15 is 0 Å². The maximum absolute atomic E-state index is 12.3. The van der Waals surface area contributed by atoms with Gasteiger partial charge in [0.1, 0.15) is 5.65 Å². The van der Waals surface area contributed by atoms with Crippen molar-refractivity contribution in [2.45, 2.75) is 12.7 Å². The van der Waals surface area contributed by atoms with Crippen LogP contribution in [0.3, 0.4) is 0 Å². The second-order valence-corrected chi connectivity index (χ2v) is 4.60. The van der Waals surface area contributed by atoms with Crippen molar-refractivity contribution in [2.75, 3.05) is 0 Å². The molecule has 0 aromatic carbocycles. The van der Waals surface area contributed by atoms with Gasteiger partial charge < -0.3 is 8.97 Å². The van der Waals surface area contributed by atoms with Gasteiger partial charge in [-0.2, -0.15) is 13.2 Å². The van der Waals surface area contributed by atoms with Crippen LogP contribution in [0.15, 0.2) is 49.1 Å². The van der Waals surface area contributed by atoms with Crippen LogP contribution in [0.25, 0.3) is 5.65 Å². The van der Waals surface area contributed by atoms with Gasteiger partial charge in [-0.05, 0) is 18.2 Å². The average Bonchev–Trinajstić information content (AvgIpc) is 3.03. The molecule has 0 spiro atoms. The highest BCUT2D eigenvalue weighted by Gasteiger charge is 2.39. The van der Waals surface area contributed by atoms with Gasteiger partial charge in [-0.25, -0.2) is 4.98 Å². The molecule has 3 rings (SSSR count). The van der Waals surface area contributed by atoms with Gasteiger partial charge in [-0.15, -0.1) is 0 Å². The van der Waals surface area contributed by atoms with Crippen LogP contribution in [-0.4, -0.2) is 25.9 Å². The number of imidazole rings is 1. The van der Waals surface area contributed by atoms with Crippen LogP contribution in [0.5, 0.6) is 0 Å². The Morgan fingerprint density at radius 3 is 2.67 bits per heavy atom. The third-order valence-corrected chi connectivity index (χ3v) is 3.03. The summed E-state index contributed by atoms with van der Waals surface area (Å²) in [6.07, 6.45) is 1.39. The molecule has 3 aromatic heterocycles. The second-order valence-electron chi connectivity index (χ2n) is 4.60. The van der Waals surface area contributed by atoms with Crippen molar-refractivity contribution in [3.8, 4) is 0 Å². The Hall–Kier alpha value is -2.57. The van der Waals surface area contributed by atoms with Gasteiger partial charge in [0.05, 0.1) is 12.2 Å². The smallest absolute Gasteiger partial charge is 0.348 e. The van der Waals surface area contributed by atoms with Crippen molar-refractivity contribution in [1.82, 2.24) is 14.0 Å². The minimum absolute atomic E-state index is 0.298. The van der Waals surface area contributed by atoms with Gasteiger partial charge in [0.15, 0.2) is 0 Å². The van der Waals surface area contributed by atoms with Crippen molar-refractivity contribution < 1.29 is 18.0 Å². The van der Waals surface area contributed by atoms with Crippen molar-refractivity contribution in [1.29, 1.82) is 0 Å². The van der Waals surface area contributed by atoms with Gasteiger partial charge in [0, 0.05) is 30.4 Å². The second kappa shape index (κ2) is 4.76. The number of hydrogen-bond donors (Lipinski definition) is 0. The molecule has 108 valence electrons. The minimum Gasteiger partial charge on any atom is -0.348 e. The van der Waals surface area contributed by atoms with Crippen molar-refractivity contribution >= 4 is 11.4 Å². The number of nitrogens with zero attached hydrogens (tertiary/aromatic N) is 3. The van der Waals surface area contributed by atoms with Gasteiger partial charge in [0.25, 0.3) is 5.78 Å². The van der Waals surface area contributed by atoms with E-state index in [1.54, 1.807) is 6.20 Å². The van der Waals surface area contributed by atoms with E-state index in [2.05, 4.69) is 4.98 Å². The summed E-state index contributed by atoms with van der Waals surface area (Å²) in [5, 5.41) is 0. The largest absolute Gasteiger partial charge is 0.454 e. The van der Waals surface area contributed by atoms with E-state index in [9.17, 15) is 18.0 Å². The highest BCUT2D eigenvalue weighted by Crippen LogP contribution is 2.21. The summed E-state index contributed by atoms with van der Waals surface area (Å²) in [7, 11) is 0. The molecule has 0 saturated heterocycles. The number of carbonyl (C=O) groups excluding carboxylic acids is 1. The van der Waals surface area contributed by atoms with Gasteiger partial charge in [0.2, 0.25) is 0 Å². The molecular formula is C14H10F3N3O. The lowest BCUT2D eigenvalue weighted by Crippen LogP contribution is -2.22. The molecule has 0 aliphatic carbocycles. The minimum atomic E-state index is -4.85. The number of halogens is 3. The number of rotatable bonds is 3. The number of fused-ring (bicyclic) bond motifs is 1. The summed E-state index contributed by atoms with van der Waals surface area (Å²) in [4.78, 5) is 15.5. The Morgan fingerprint density at radius 1 is 1.14 bits per heavy atom. The number of pyridine rings is 1. The molecule has 0 aliphatic heterocycles. The van der Waals surface area contributed by atoms with E-state index in [4.69, 9.17) is 0 Å². The van der Waals surface area contributed by atoms with E-state index < -0.39 is 12.0 Å². The SMILES string of the molecule is O=C(c1ccn(Cc2cn3ccccc3n2)c1)C(F)(F)F. The third-order valence-electron chi connectivity index (χ3n) is 3.03. The number of Topliss-reactive ketones (excluding diaryl/α,β-unsaturated/α-hetero) is 1. The lowest BCUT2D eigenvalue weighted by atomic mass is 10.2. The first-order valence-electron chi connectivity index (χ1n) is 6.13. The average molecular weight is 293 g/mol. The fraction of sp³-hybridized carbons (Fsp3) is 0.143. The molecule has 0 bridgehead atoms. The first kappa shape index (κ1) is 13.4. The fourth-order valence-corrected chi connectivity index (χ4v) is 2.09. The number of hydrogen-bond acceptors (Lipinski definition) is 2. The van der Waals surface area contributed by atoms with Crippen molar-refractivity contribution in [2.24, 2.45) is 0 Å². The number of ketones is 1. The number of carbonyl (C=O) groups is 1. The molecule has 3 heterocycles. The Bertz CT molecular complexity index is 768. The van der Waals surface area contributed by atoms with Gasteiger partial charge in [-0.3, -0.25) is 4.79 Å². The topological polar surface area (TPSA) is 39.3 Å². The zero-order valence-corrected chi connectivity index (χ0v) is 10.7. The molecule has 0 N–H and O–H groups in total. The van der Waals surface area contributed by atoms with Gasteiger partial charge >= 0.3 is 6.18 Å². The zero-order valence-electron chi connectivity index (χ0n) is 10.7. The molecule has 0 saturated carbocycles. The lowest BCUT2D eigenvalue weighted by molar-refractivity contribution is -0.0885. The Morgan fingerprint density at radius 2 is 1.95 bits per heavy atom. The molecule has 0 amide bonds. The van der Waals surface area contributed by atoms with Crippen LogP contribution in [0.2, 0.25) is 0 Å². The maximum atomic E-state index is 12.3. The van der Waals surface area contributed by atoms with Crippen LogP contribution in [0, 0.1) is 0 Å². The molecule has 7 heteroatoms. The molecule has 0 unspecified atom stereocenters.